The van der Waals surface area contributed by atoms with E-state index >= 15 is 4.39 Å². The van der Waals surface area contributed by atoms with Crippen LogP contribution in [0.15, 0.2) is 91.0 Å². The van der Waals surface area contributed by atoms with Gasteiger partial charge in [0.15, 0.2) is 6.10 Å². The molecule has 0 bridgehead atoms. The van der Waals surface area contributed by atoms with Crippen LogP contribution in [-0.4, -0.2) is 5.97 Å². The molecule has 4 heteroatoms. The molecular weight excluding hydrogens is 329 g/mol. The SMILES string of the molecule is N#C[C@@](F)(C(=O)OC(c1ccccc1)c1ccccc1)c1ccccc1. The van der Waals surface area contributed by atoms with Crippen LogP contribution >= 0.6 is 0 Å². The van der Waals surface area contributed by atoms with Crippen LogP contribution in [0, 0.1) is 11.3 Å². The maximum Gasteiger partial charge on any atom is 0.364 e. The minimum atomic E-state index is -2.87. The molecule has 0 aliphatic rings. The van der Waals surface area contributed by atoms with Crippen molar-refractivity contribution in [2.45, 2.75) is 11.8 Å². The molecule has 1 atom stereocenters. The number of rotatable bonds is 5. The van der Waals surface area contributed by atoms with E-state index in [9.17, 15) is 10.1 Å². The van der Waals surface area contributed by atoms with Crippen LogP contribution in [0.25, 0.3) is 0 Å². The molecule has 3 nitrogen and oxygen atoms in total. The standard InChI is InChI=1S/C22H16FNO2/c23-22(16-24,19-14-8-3-9-15-19)21(25)26-20(17-10-4-1-5-11-17)18-12-6-2-7-13-18/h1-15,20H/t22-/m0/s1. The van der Waals surface area contributed by atoms with Gasteiger partial charge in [-0.3, -0.25) is 0 Å². The molecule has 3 aromatic rings. The molecule has 0 aliphatic carbocycles. The largest absolute Gasteiger partial charge is 0.449 e. The van der Waals surface area contributed by atoms with E-state index in [0.717, 1.165) is 0 Å². The average Bonchev–Trinajstić information content (AvgIpc) is 2.73. The Morgan fingerprint density at radius 3 is 1.69 bits per heavy atom. The first-order chi connectivity index (χ1) is 12.6. The molecule has 3 rings (SSSR count). The highest BCUT2D eigenvalue weighted by atomic mass is 19.1. The number of benzene rings is 3. The zero-order chi connectivity index (χ0) is 18.4. The summed E-state index contributed by atoms with van der Waals surface area (Å²) < 4.78 is 20.7. The van der Waals surface area contributed by atoms with Crippen molar-refractivity contribution in [3.05, 3.63) is 108 Å². The summed E-state index contributed by atoms with van der Waals surface area (Å²) in [7, 11) is 0. The Balaban J connectivity index is 1.97. The molecule has 0 amide bonds. The minimum Gasteiger partial charge on any atom is -0.449 e. The van der Waals surface area contributed by atoms with Crippen LogP contribution in [-0.2, 0) is 15.2 Å². The fraction of sp³-hybridized carbons (Fsp3) is 0.0909. The Labute approximate surface area is 151 Å². The van der Waals surface area contributed by atoms with Crippen molar-refractivity contribution in [1.29, 1.82) is 5.26 Å². The fourth-order valence-electron chi connectivity index (χ4n) is 2.67. The molecule has 0 spiro atoms. The maximum absolute atomic E-state index is 15.2. The number of alkyl halides is 1. The van der Waals surface area contributed by atoms with Crippen molar-refractivity contribution in [3.8, 4) is 6.07 Å². The molecular formula is C22H16FNO2. The van der Waals surface area contributed by atoms with Gasteiger partial charge in [0.25, 0.3) is 0 Å². The van der Waals surface area contributed by atoms with Crippen molar-refractivity contribution >= 4 is 5.97 Å². The first kappa shape index (κ1) is 17.4. The van der Waals surface area contributed by atoms with Crippen LogP contribution < -0.4 is 0 Å². The van der Waals surface area contributed by atoms with E-state index in [0.29, 0.717) is 11.1 Å². The zero-order valence-corrected chi connectivity index (χ0v) is 13.9. The van der Waals surface area contributed by atoms with Gasteiger partial charge in [0.2, 0.25) is 0 Å². The van der Waals surface area contributed by atoms with Gasteiger partial charge in [0, 0.05) is 5.56 Å². The Bertz CT molecular complexity index is 868. The Morgan fingerprint density at radius 1 is 0.846 bits per heavy atom. The molecule has 0 radical (unpaired) electrons. The number of hydrogen-bond donors (Lipinski definition) is 0. The smallest absolute Gasteiger partial charge is 0.364 e. The molecule has 0 saturated heterocycles. The summed E-state index contributed by atoms with van der Waals surface area (Å²) in [6.45, 7) is 0. The lowest BCUT2D eigenvalue weighted by atomic mass is 9.96. The number of halogens is 1. The summed E-state index contributed by atoms with van der Waals surface area (Å²) in [5.41, 5.74) is -1.53. The Morgan fingerprint density at radius 2 is 1.27 bits per heavy atom. The highest BCUT2D eigenvalue weighted by molar-refractivity contribution is 5.85. The molecule has 0 N–H and O–H groups in total. The van der Waals surface area contributed by atoms with E-state index in [4.69, 9.17) is 4.74 Å². The van der Waals surface area contributed by atoms with E-state index in [1.54, 1.807) is 42.5 Å². The monoisotopic (exact) mass is 345 g/mol. The Hall–Kier alpha value is -3.45. The summed E-state index contributed by atoms with van der Waals surface area (Å²) in [6.07, 6.45) is -0.808. The predicted molar refractivity (Wildman–Crippen MR) is 95.7 cm³/mol. The van der Waals surface area contributed by atoms with Gasteiger partial charge < -0.3 is 4.74 Å². The number of carbonyl (C=O) groups excluding carboxylic acids is 1. The second-order valence-corrected chi connectivity index (χ2v) is 5.74. The van der Waals surface area contributed by atoms with Crippen molar-refractivity contribution in [2.24, 2.45) is 0 Å². The minimum absolute atomic E-state index is 0.0487. The van der Waals surface area contributed by atoms with Gasteiger partial charge in [0.05, 0.1) is 0 Å². The van der Waals surface area contributed by atoms with E-state index in [2.05, 4.69) is 0 Å². The summed E-state index contributed by atoms with van der Waals surface area (Å²) >= 11 is 0. The van der Waals surface area contributed by atoms with Gasteiger partial charge in [-0.1, -0.05) is 91.0 Å². The molecule has 0 aromatic heterocycles. The van der Waals surface area contributed by atoms with E-state index in [1.807, 2.05) is 36.4 Å². The fourth-order valence-corrected chi connectivity index (χ4v) is 2.67. The second-order valence-electron chi connectivity index (χ2n) is 5.74. The Kier molecular flexibility index (Phi) is 5.09. The van der Waals surface area contributed by atoms with Gasteiger partial charge in [-0.15, -0.1) is 0 Å². The van der Waals surface area contributed by atoms with Crippen LogP contribution in [0.5, 0.6) is 0 Å². The molecule has 0 saturated carbocycles. The van der Waals surface area contributed by atoms with Crippen LogP contribution in [0.1, 0.15) is 22.8 Å². The summed E-state index contributed by atoms with van der Waals surface area (Å²) in [6, 6.07) is 27.2. The zero-order valence-electron chi connectivity index (χ0n) is 13.9. The second kappa shape index (κ2) is 7.62. The van der Waals surface area contributed by atoms with E-state index in [1.165, 1.54) is 18.2 Å². The van der Waals surface area contributed by atoms with Crippen LogP contribution in [0.4, 0.5) is 4.39 Å². The molecule has 128 valence electrons. The summed E-state index contributed by atoms with van der Waals surface area (Å²) in [5, 5.41) is 9.34. The molecule has 26 heavy (non-hydrogen) atoms. The third-order valence-electron chi connectivity index (χ3n) is 4.04. The molecule has 0 aliphatic heterocycles. The molecule has 0 fully saturated rings. The van der Waals surface area contributed by atoms with E-state index < -0.39 is 17.7 Å². The number of hydrogen-bond acceptors (Lipinski definition) is 3. The number of esters is 1. The lowest BCUT2D eigenvalue weighted by molar-refractivity contribution is -0.158. The average molecular weight is 345 g/mol. The predicted octanol–water partition coefficient (Wildman–Crippen LogP) is 4.71. The highest BCUT2D eigenvalue weighted by Gasteiger charge is 2.44. The van der Waals surface area contributed by atoms with Gasteiger partial charge in [-0.05, 0) is 11.1 Å². The lowest BCUT2D eigenvalue weighted by Gasteiger charge is -2.23. The number of carbonyl (C=O) groups is 1. The van der Waals surface area contributed by atoms with Gasteiger partial charge >= 0.3 is 11.6 Å². The lowest BCUT2D eigenvalue weighted by Crippen LogP contribution is -2.32. The number of nitriles is 1. The first-order valence-corrected chi connectivity index (χ1v) is 8.12. The van der Waals surface area contributed by atoms with Crippen LogP contribution in [0.3, 0.4) is 0 Å². The highest BCUT2D eigenvalue weighted by Crippen LogP contribution is 2.32. The van der Waals surface area contributed by atoms with Gasteiger partial charge in [0.1, 0.15) is 6.07 Å². The summed E-state index contributed by atoms with van der Waals surface area (Å²) in [5.74, 6) is -1.23. The van der Waals surface area contributed by atoms with Gasteiger partial charge in [-0.2, -0.15) is 5.26 Å². The van der Waals surface area contributed by atoms with Crippen molar-refractivity contribution in [3.63, 3.8) is 0 Å². The topological polar surface area (TPSA) is 50.1 Å². The van der Waals surface area contributed by atoms with Crippen molar-refractivity contribution < 1.29 is 13.9 Å². The molecule has 0 heterocycles. The third kappa shape index (κ3) is 3.47. The van der Waals surface area contributed by atoms with Crippen molar-refractivity contribution in [1.82, 2.24) is 0 Å². The van der Waals surface area contributed by atoms with Crippen LogP contribution in [0.2, 0.25) is 0 Å². The maximum atomic E-state index is 15.2. The van der Waals surface area contributed by atoms with Crippen molar-refractivity contribution in [2.75, 3.05) is 0 Å². The number of ether oxygens (including phenoxy) is 1. The normalized spacial score (nSPS) is 12.8. The third-order valence-corrected chi connectivity index (χ3v) is 4.04. The summed E-state index contributed by atoms with van der Waals surface area (Å²) in [4.78, 5) is 12.6. The quantitative estimate of drug-likeness (QED) is 0.629. The molecule has 3 aromatic carbocycles. The molecule has 0 unspecified atom stereocenters. The van der Waals surface area contributed by atoms with Gasteiger partial charge in [-0.25, -0.2) is 9.18 Å². The first-order valence-electron chi connectivity index (χ1n) is 8.12. The number of nitrogens with zero attached hydrogens (tertiary/aromatic N) is 1. The van der Waals surface area contributed by atoms with E-state index in [-0.39, 0.29) is 5.56 Å².